The predicted octanol–water partition coefficient (Wildman–Crippen LogP) is 2.24. The lowest BCUT2D eigenvalue weighted by Gasteiger charge is -2.07. The Kier molecular flexibility index (Phi) is 3.47. The van der Waals surface area contributed by atoms with E-state index in [1.54, 1.807) is 41.0 Å². The summed E-state index contributed by atoms with van der Waals surface area (Å²) in [7, 11) is 0. The zero-order valence-corrected chi connectivity index (χ0v) is 13.3. The van der Waals surface area contributed by atoms with Gasteiger partial charge in [-0.25, -0.2) is 18.6 Å². The fraction of sp³-hybridized carbons (Fsp3) is 0.0556. The molecule has 7 nitrogen and oxygen atoms in total. The van der Waals surface area contributed by atoms with E-state index in [4.69, 9.17) is 0 Å². The van der Waals surface area contributed by atoms with E-state index in [2.05, 4.69) is 4.98 Å². The van der Waals surface area contributed by atoms with E-state index in [1.807, 2.05) is 0 Å². The van der Waals surface area contributed by atoms with E-state index in [0.717, 1.165) is 5.56 Å². The summed E-state index contributed by atoms with van der Waals surface area (Å²) < 4.78 is 16.0. The number of halogens is 1. The topological polar surface area (TPSA) is 96.8 Å². The van der Waals surface area contributed by atoms with Gasteiger partial charge in [0, 0.05) is 0 Å². The minimum Gasteiger partial charge on any atom is -0.501 e. The standard InChI is InChI=1S/C18H12FN3O4/c19-11-7-5-10(6-8-11)9-21-12-3-1-2-4-13(12)22-16(24)15(23)14(17(25)26)20-18(21)22/h1-8,23H,9H2,(H,25,26). The van der Waals surface area contributed by atoms with E-state index in [0.29, 0.717) is 11.0 Å². The molecule has 0 spiro atoms. The highest BCUT2D eigenvalue weighted by Crippen LogP contribution is 2.22. The van der Waals surface area contributed by atoms with Crippen LogP contribution in [-0.2, 0) is 6.54 Å². The van der Waals surface area contributed by atoms with Crippen LogP contribution in [-0.4, -0.2) is 30.1 Å². The van der Waals surface area contributed by atoms with Crippen LogP contribution in [0.15, 0.2) is 53.3 Å². The highest BCUT2D eigenvalue weighted by Gasteiger charge is 2.22. The van der Waals surface area contributed by atoms with Gasteiger partial charge in [0.1, 0.15) is 5.82 Å². The van der Waals surface area contributed by atoms with Crippen molar-refractivity contribution >= 4 is 22.8 Å². The van der Waals surface area contributed by atoms with Crippen LogP contribution < -0.4 is 5.56 Å². The van der Waals surface area contributed by atoms with Crippen LogP contribution >= 0.6 is 0 Å². The number of aromatic nitrogens is 3. The largest absolute Gasteiger partial charge is 0.501 e. The van der Waals surface area contributed by atoms with Crippen molar-refractivity contribution in [2.75, 3.05) is 0 Å². The molecular weight excluding hydrogens is 341 g/mol. The van der Waals surface area contributed by atoms with Crippen molar-refractivity contribution in [3.05, 3.63) is 76.0 Å². The van der Waals surface area contributed by atoms with Gasteiger partial charge in [-0.15, -0.1) is 0 Å². The van der Waals surface area contributed by atoms with Crippen LogP contribution in [0.5, 0.6) is 5.75 Å². The van der Waals surface area contributed by atoms with Gasteiger partial charge in [0.05, 0.1) is 17.6 Å². The van der Waals surface area contributed by atoms with Gasteiger partial charge in [0.2, 0.25) is 11.5 Å². The summed E-state index contributed by atoms with van der Waals surface area (Å²) in [6, 6.07) is 12.7. The lowest BCUT2D eigenvalue weighted by atomic mass is 10.2. The SMILES string of the molecule is O=C(O)c1nc2n(Cc3ccc(F)cc3)c3ccccc3n2c(=O)c1O. The lowest BCUT2D eigenvalue weighted by Crippen LogP contribution is -2.19. The van der Waals surface area contributed by atoms with Gasteiger partial charge in [-0.3, -0.25) is 4.79 Å². The Labute approximate surface area is 145 Å². The number of carboxylic acids is 1. The Hall–Kier alpha value is -3.68. The molecule has 0 saturated carbocycles. The lowest BCUT2D eigenvalue weighted by molar-refractivity contribution is 0.0686. The first-order valence-corrected chi connectivity index (χ1v) is 7.68. The van der Waals surface area contributed by atoms with Gasteiger partial charge in [-0.1, -0.05) is 24.3 Å². The van der Waals surface area contributed by atoms with Gasteiger partial charge in [-0.05, 0) is 29.8 Å². The molecule has 0 amide bonds. The molecule has 2 heterocycles. The molecule has 130 valence electrons. The number of para-hydroxylation sites is 2. The van der Waals surface area contributed by atoms with Crippen molar-refractivity contribution < 1.29 is 19.4 Å². The summed E-state index contributed by atoms with van der Waals surface area (Å²) in [4.78, 5) is 27.8. The van der Waals surface area contributed by atoms with Gasteiger partial charge >= 0.3 is 11.5 Å². The van der Waals surface area contributed by atoms with Crippen LogP contribution in [0.3, 0.4) is 0 Å². The molecule has 0 bridgehead atoms. The average Bonchev–Trinajstić information content (AvgIpc) is 2.94. The maximum absolute atomic E-state index is 13.2. The number of rotatable bonds is 3. The number of imidazole rings is 1. The van der Waals surface area contributed by atoms with Gasteiger partial charge in [0.25, 0.3) is 0 Å². The molecule has 4 rings (SSSR count). The maximum Gasteiger partial charge on any atom is 0.358 e. The fourth-order valence-electron chi connectivity index (χ4n) is 2.97. The molecule has 0 unspecified atom stereocenters. The molecule has 2 aromatic heterocycles. The molecule has 0 aliphatic heterocycles. The summed E-state index contributed by atoms with van der Waals surface area (Å²) in [5, 5.41) is 19.1. The number of aromatic carboxylic acids is 1. The van der Waals surface area contributed by atoms with E-state index in [9.17, 15) is 24.2 Å². The number of hydrogen-bond donors (Lipinski definition) is 2. The minimum absolute atomic E-state index is 0.0794. The summed E-state index contributed by atoms with van der Waals surface area (Å²) in [5.74, 6) is -2.71. The Bertz CT molecular complexity index is 1230. The molecule has 0 atom stereocenters. The van der Waals surface area contributed by atoms with Crippen LogP contribution in [0.25, 0.3) is 16.8 Å². The summed E-state index contributed by atoms with van der Waals surface area (Å²) >= 11 is 0. The second-order valence-electron chi connectivity index (χ2n) is 5.76. The second kappa shape index (κ2) is 5.69. The van der Waals surface area contributed by atoms with E-state index in [-0.39, 0.29) is 18.1 Å². The first kappa shape index (κ1) is 15.8. The van der Waals surface area contributed by atoms with Crippen molar-refractivity contribution in [3.8, 4) is 5.75 Å². The van der Waals surface area contributed by atoms with Gasteiger partial charge < -0.3 is 14.8 Å². The average molecular weight is 353 g/mol. The Morgan fingerprint density at radius 1 is 1.08 bits per heavy atom. The normalized spacial score (nSPS) is 11.3. The molecule has 4 aromatic rings. The molecule has 2 N–H and O–H groups in total. The van der Waals surface area contributed by atoms with Crippen molar-refractivity contribution in [1.82, 2.24) is 14.0 Å². The molecule has 2 aromatic carbocycles. The quantitative estimate of drug-likeness (QED) is 0.589. The summed E-state index contributed by atoms with van der Waals surface area (Å²) in [6.07, 6.45) is 0. The van der Waals surface area contributed by atoms with Gasteiger partial charge in [-0.2, -0.15) is 0 Å². The van der Waals surface area contributed by atoms with Gasteiger partial charge in [0.15, 0.2) is 5.69 Å². The van der Waals surface area contributed by atoms with E-state index < -0.39 is 23.0 Å². The molecule has 0 aliphatic carbocycles. The summed E-state index contributed by atoms with van der Waals surface area (Å²) in [6.45, 7) is 0.244. The zero-order chi connectivity index (χ0) is 18.4. The monoisotopic (exact) mass is 353 g/mol. The van der Waals surface area contributed by atoms with Crippen molar-refractivity contribution in [2.45, 2.75) is 6.54 Å². The fourth-order valence-corrected chi connectivity index (χ4v) is 2.97. The number of fused-ring (bicyclic) bond motifs is 3. The first-order valence-electron chi connectivity index (χ1n) is 7.68. The Balaban J connectivity index is 2.08. The van der Waals surface area contributed by atoms with Crippen LogP contribution in [0.4, 0.5) is 4.39 Å². The Morgan fingerprint density at radius 2 is 1.73 bits per heavy atom. The third kappa shape index (κ3) is 2.31. The third-order valence-electron chi connectivity index (χ3n) is 4.15. The number of carbonyl (C=O) groups is 1. The zero-order valence-electron chi connectivity index (χ0n) is 13.3. The smallest absolute Gasteiger partial charge is 0.358 e. The first-order chi connectivity index (χ1) is 12.5. The van der Waals surface area contributed by atoms with E-state index >= 15 is 0 Å². The molecular formula is C18H12FN3O4. The van der Waals surface area contributed by atoms with Crippen LogP contribution in [0, 0.1) is 5.82 Å². The molecule has 0 fully saturated rings. The molecule has 8 heteroatoms. The second-order valence-corrected chi connectivity index (χ2v) is 5.76. The number of hydrogen-bond acceptors (Lipinski definition) is 4. The van der Waals surface area contributed by atoms with E-state index in [1.165, 1.54) is 16.5 Å². The highest BCUT2D eigenvalue weighted by molar-refractivity contribution is 5.90. The number of aromatic hydroxyl groups is 1. The molecule has 0 radical (unpaired) electrons. The maximum atomic E-state index is 13.2. The van der Waals surface area contributed by atoms with Crippen molar-refractivity contribution in [3.63, 3.8) is 0 Å². The number of carboxylic acid groups (broad SMARTS) is 1. The Morgan fingerprint density at radius 3 is 2.38 bits per heavy atom. The predicted molar refractivity (Wildman–Crippen MR) is 91.1 cm³/mol. The number of benzene rings is 2. The van der Waals surface area contributed by atoms with Crippen molar-refractivity contribution in [1.29, 1.82) is 0 Å². The summed E-state index contributed by atoms with van der Waals surface area (Å²) in [5.41, 5.74) is 0.284. The van der Waals surface area contributed by atoms with Crippen LogP contribution in [0.1, 0.15) is 16.1 Å². The third-order valence-corrected chi connectivity index (χ3v) is 4.15. The van der Waals surface area contributed by atoms with Crippen molar-refractivity contribution in [2.24, 2.45) is 0 Å². The van der Waals surface area contributed by atoms with Crippen LogP contribution in [0.2, 0.25) is 0 Å². The molecule has 26 heavy (non-hydrogen) atoms. The highest BCUT2D eigenvalue weighted by atomic mass is 19.1. The minimum atomic E-state index is -1.50. The molecule has 0 saturated heterocycles. The molecule has 0 aliphatic rings. The number of nitrogens with zero attached hydrogens (tertiary/aromatic N) is 3.